The van der Waals surface area contributed by atoms with Crippen molar-refractivity contribution in [3.63, 3.8) is 0 Å². The van der Waals surface area contributed by atoms with Crippen LogP contribution in [-0.4, -0.2) is 27.5 Å². The van der Waals surface area contributed by atoms with Gasteiger partial charge in [-0.3, -0.25) is 4.68 Å². The van der Waals surface area contributed by atoms with Crippen molar-refractivity contribution in [2.45, 2.75) is 53.2 Å². The third kappa shape index (κ3) is 4.79. The summed E-state index contributed by atoms with van der Waals surface area (Å²) in [5, 5.41) is 18.0. The predicted molar refractivity (Wildman–Crippen MR) is 79.4 cm³/mol. The van der Waals surface area contributed by atoms with Crippen LogP contribution in [0.15, 0.2) is 0 Å². The van der Waals surface area contributed by atoms with Crippen LogP contribution in [0.5, 0.6) is 0 Å². The maximum atomic E-state index is 9.47. The molecule has 19 heavy (non-hydrogen) atoms. The fourth-order valence-electron chi connectivity index (χ4n) is 2.46. The summed E-state index contributed by atoms with van der Waals surface area (Å²) < 4.78 is 1.72. The SMILES string of the molecule is CCc1nn(C)c(Cl)c1CNCC(C)(C)CC(C)O. The first kappa shape index (κ1) is 16.5. The molecule has 0 aliphatic carbocycles. The molecular formula is C14H26ClN3O. The average molecular weight is 288 g/mol. The van der Waals surface area contributed by atoms with Crippen LogP contribution in [0.25, 0.3) is 0 Å². The summed E-state index contributed by atoms with van der Waals surface area (Å²) in [5.74, 6) is 0. The van der Waals surface area contributed by atoms with Crippen LogP contribution in [0.2, 0.25) is 5.15 Å². The summed E-state index contributed by atoms with van der Waals surface area (Å²) in [7, 11) is 1.86. The Morgan fingerprint density at radius 3 is 2.63 bits per heavy atom. The van der Waals surface area contributed by atoms with Gasteiger partial charge in [-0.25, -0.2) is 0 Å². The minimum atomic E-state index is -0.273. The zero-order valence-electron chi connectivity index (χ0n) is 12.6. The van der Waals surface area contributed by atoms with Gasteiger partial charge in [0.25, 0.3) is 0 Å². The van der Waals surface area contributed by atoms with Gasteiger partial charge >= 0.3 is 0 Å². The van der Waals surface area contributed by atoms with E-state index in [4.69, 9.17) is 11.6 Å². The second-order valence-electron chi connectivity index (χ2n) is 6.01. The van der Waals surface area contributed by atoms with Crippen LogP contribution in [-0.2, 0) is 20.0 Å². The lowest BCUT2D eigenvalue weighted by Gasteiger charge is -2.26. The number of nitrogens with one attached hydrogen (secondary N) is 1. The quantitative estimate of drug-likeness (QED) is 0.810. The van der Waals surface area contributed by atoms with Gasteiger partial charge in [0.05, 0.1) is 11.8 Å². The lowest BCUT2D eigenvalue weighted by Crippen LogP contribution is -2.31. The van der Waals surface area contributed by atoms with E-state index in [9.17, 15) is 5.11 Å². The highest BCUT2D eigenvalue weighted by molar-refractivity contribution is 6.30. The largest absolute Gasteiger partial charge is 0.393 e. The van der Waals surface area contributed by atoms with E-state index < -0.39 is 0 Å². The van der Waals surface area contributed by atoms with Crippen molar-refractivity contribution in [2.75, 3.05) is 6.54 Å². The molecule has 0 aromatic carbocycles. The van der Waals surface area contributed by atoms with Gasteiger partial charge in [-0.1, -0.05) is 32.4 Å². The summed E-state index contributed by atoms with van der Waals surface area (Å²) in [6.45, 7) is 9.77. The number of hydrogen-bond acceptors (Lipinski definition) is 3. The minimum absolute atomic E-state index is 0.0647. The Balaban J connectivity index is 2.58. The molecule has 1 heterocycles. The van der Waals surface area contributed by atoms with Crippen LogP contribution in [0.3, 0.4) is 0 Å². The summed E-state index contributed by atoms with van der Waals surface area (Å²) in [5.41, 5.74) is 2.20. The van der Waals surface area contributed by atoms with Crippen molar-refractivity contribution in [1.82, 2.24) is 15.1 Å². The molecule has 0 spiro atoms. The van der Waals surface area contributed by atoms with Crippen LogP contribution >= 0.6 is 11.6 Å². The first-order valence-corrected chi connectivity index (χ1v) is 7.23. The number of aryl methyl sites for hydroxylation is 2. The molecule has 0 aliphatic rings. The lowest BCUT2D eigenvalue weighted by atomic mass is 9.87. The fraction of sp³-hybridized carbons (Fsp3) is 0.786. The lowest BCUT2D eigenvalue weighted by molar-refractivity contribution is 0.128. The van der Waals surface area contributed by atoms with E-state index in [2.05, 4.69) is 31.2 Å². The normalized spacial score (nSPS) is 13.8. The maximum absolute atomic E-state index is 9.47. The second kappa shape index (κ2) is 6.73. The Labute approximate surface area is 121 Å². The van der Waals surface area contributed by atoms with Gasteiger partial charge in [-0.2, -0.15) is 5.10 Å². The van der Waals surface area contributed by atoms with Crippen molar-refractivity contribution >= 4 is 11.6 Å². The molecule has 1 aromatic heterocycles. The Bertz CT molecular complexity index is 413. The molecule has 0 bridgehead atoms. The van der Waals surface area contributed by atoms with E-state index in [1.54, 1.807) is 4.68 Å². The number of nitrogens with zero attached hydrogens (tertiary/aromatic N) is 2. The number of aliphatic hydroxyl groups is 1. The summed E-state index contributed by atoms with van der Waals surface area (Å²) in [6, 6.07) is 0. The maximum Gasteiger partial charge on any atom is 0.131 e. The van der Waals surface area contributed by atoms with Gasteiger partial charge in [0.1, 0.15) is 5.15 Å². The summed E-state index contributed by atoms with van der Waals surface area (Å²) >= 11 is 6.25. The Morgan fingerprint density at radius 1 is 1.47 bits per heavy atom. The zero-order valence-corrected chi connectivity index (χ0v) is 13.4. The van der Waals surface area contributed by atoms with Crippen LogP contribution in [0, 0.1) is 5.41 Å². The van der Waals surface area contributed by atoms with E-state index in [1.165, 1.54) is 0 Å². The van der Waals surface area contributed by atoms with Crippen LogP contribution in [0.1, 0.15) is 45.4 Å². The molecular weight excluding hydrogens is 262 g/mol. The average Bonchev–Trinajstić information content (AvgIpc) is 2.54. The number of hydrogen-bond donors (Lipinski definition) is 2. The number of aromatic nitrogens is 2. The van der Waals surface area contributed by atoms with Gasteiger partial charge in [0, 0.05) is 25.7 Å². The monoisotopic (exact) mass is 287 g/mol. The highest BCUT2D eigenvalue weighted by Crippen LogP contribution is 2.23. The van der Waals surface area contributed by atoms with Gasteiger partial charge in [-0.05, 0) is 25.2 Å². The molecule has 0 radical (unpaired) electrons. The van der Waals surface area contributed by atoms with Crippen molar-refractivity contribution in [3.8, 4) is 0 Å². The van der Waals surface area contributed by atoms with E-state index in [0.29, 0.717) is 5.15 Å². The fourth-order valence-corrected chi connectivity index (χ4v) is 2.67. The molecule has 0 aliphatic heterocycles. The summed E-state index contributed by atoms with van der Waals surface area (Å²) in [6.07, 6.45) is 1.39. The molecule has 110 valence electrons. The van der Waals surface area contributed by atoms with E-state index in [-0.39, 0.29) is 11.5 Å². The van der Waals surface area contributed by atoms with E-state index in [0.717, 1.165) is 37.2 Å². The topological polar surface area (TPSA) is 50.1 Å². The zero-order chi connectivity index (χ0) is 14.6. The molecule has 0 fully saturated rings. The minimum Gasteiger partial charge on any atom is -0.393 e. The van der Waals surface area contributed by atoms with Crippen LogP contribution in [0.4, 0.5) is 0 Å². The van der Waals surface area contributed by atoms with Gasteiger partial charge in [-0.15, -0.1) is 0 Å². The highest BCUT2D eigenvalue weighted by atomic mass is 35.5. The molecule has 0 saturated heterocycles. The van der Waals surface area contributed by atoms with Crippen molar-refractivity contribution in [3.05, 3.63) is 16.4 Å². The Morgan fingerprint density at radius 2 is 2.11 bits per heavy atom. The van der Waals surface area contributed by atoms with Gasteiger partial charge < -0.3 is 10.4 Å². The molecule has 0 saturated carbocycles. The first-order chi connectivity index (χ1) is 8.76. The molecule has 1 rings (SSSR count). The summed E-state index contributed by atoms with van der Waals surface area (Å²) in [4.78, 5) is 0. The number of halogens is 1. The van der Waals surface area contributed by atoms with Crippen LogP contribution < -0.4 is 5.32 Å². The van der Waals surface area contributed by atoms with E-state index in [1.807, 2.05) is 14.0 Å². The smallest absolute Gasteiger partial charge is 0.131 e. The molecule has 0 amide bonds. The molecule has 1 aromatic rings. The predicted octanol–water partition coefficient (Wildman–Crippen LogP) is 2.52. The second-order valence-corrected chi connectivity index (χ2v) is 6.37. The molecule has 1 unspecified atom stereocenters. The van der Waals surface area contributed by atoms with Gasteiger partial charge in [0.2, 0.25) is 0 Å². The first-order valence-electron chi connectivity index (χ1n) is 6.86. The molecule has 5 heteroatoms. The van der Waals surface area contributed by atoms with Gasteiger partial charge in [0.15, 0.2) is 0 Å². The third-order valence-electron chi connectivity index (χ3n) is 3.24. The number of rotatable bonds is 7. The molecule has 4 nitrogen and oxygen atoms in total. The number of aliphatic hydroxyl groups excluding tert-OH is 1. The Kier molecular flexibility index (Phi) is 5.83. The Hall–Kier alpha value is -0.580. The molecule has 2 N–H and O–H groups in total. The van der Waals surface area contributed by atoms with Crippen molar-refractivity contribution < 1.29 is 5.11 Å². The molecule has 1 atom stereocenters. The van der Waals surface area contributed by atoms with E-state index >= 15 is 0 Å². The third-order valence-corrected chi connectivity index (χ3v) is 3.71. The van der Waals surface area contributed by atoms with Crippen molar-refractivity contribution in [1.29, 1.82) is 0 Å². The van der Waals surface area contributed by atoms with Crippen molar-refractivity contribution in [2.24, 2.45) is 12.5 Å². The highest BCUT2D eigenvalue weighted by Gasteiger charge is 2.20. The standard InChI is InChI=1S/C14H26ClN3O/c1-6-12-11(13(15)18(5)17-12)8-16-9-14(3,4)7-10(2)19/h10,16,19H,6-9H2,1-5H3.